The Balaban J connectivity index is 3.39. The summed E-state index contributed by atoms with van der Waals surface area (Å²) < 4.78 is 36.8. The Morgan fingerprint density at radius 1 is 1.57 bits per heavy atom. The summed E-state index contributed by atoms with van der Waals surface area (Å²) in [5, 5.41) is 8.49. The Kier molecular flexibility index (Phi) is 3.10. The number of hydrogen-bond donors (Lipinski definition) is 1. The van der Waals surface area contributed by atoms with Gasteiger partial charge in [-0.1, -0.05) is 0 Å². The molecule has 3 nitrogen and oxygen atoms in total. The number of rotatable bonds is 2. The molecule has 14 heavy (non-hydrogen) atoms. The van der Waals surface area contributed by atoms with E-state index in [4.69, 9.17) is 5.11 Å². The van der Waals surface area contributed by atoms with Gasteiger partial charge in [0.25, 0.3) is 6.43 Å². The summed E-state index contributed by atoms with van der Waals surface area (Å²) in [6, 6.07) is 0.450. The van der Waals surface area contributed by atoms with Crippen molar-refractivity contribution in [3.63, 3.8) is 0 Å². The van der Waals surface area contributed by atoms with E-state index in [0.717, 1.165) is 0 Å². The van der Waals surface area contributed by atoms with Crippen LogP contribution in [0, 0.1) is 5.82 Å². The molecule has 0 bridgehead atoms. The maximum Gasteiger partial charge on any atom is 0.355 e. The van der Waals surface area contributed by atoms with E-state index in [1.165, 1.54) is 0 Å². The van der Waals surface area contributed by atoms with Crippen LogP contribution >= 0.6 is 15.9 Å². The molecule has 1 rings (SSSR count). The molecule has 0 atom stereocenters. The van der Waals surface area contributed by atoms with Gasteiger partial charge in [-0.3, -0.25) is 0 Å². The van der Waals surface area contributed by atoms with E-state index in [-0.39, 0.29) is 0 Å². The second-order valence-corrected chi connectivity index (χ2v) is 3.06. The molecule has 0 saturated heterocycles. The van der Waals surface area contributed by atoms with Gasteiger partial charge in [-0.25, -0.2) is 22.9 Å². The predicted molar refractivity (Wildman–Crippen MR) is 43.8 cm³/mol. The highest BCUT2D eigenvalue weighted by atomic mass is 79.9. The van der Waals surface area contributed by atoms with E-state index in [0.29, 0.717) is 6.07 Å². The fourth-order valence-corrected chi connectivity index (χ4v) is 1.11. The Hall–Kier alpha value is -1.11. The highest BCUT2D eigenvalue weighted by molar-refractivity contribution is 9.10. The maximum absolute atomic E-state index is 12.7. The largest absolute Gasteiger partial charge is 0.476 e. The fourth-order valence-electron chi connectivity index (χ4n) is 0.818. The molecule has 0 spiro atoms. The normalized spacial score (nSPS) is 10.6. The molecule has 0 amide bonds. The van der Waals surface area contributed by atoms with Crippen LogP contribution in [0.15, 0.2) is 10.7 Å². The molecule has 0 fully saturated rings. The van der Waals surface area contributed by atoms with Crippen molar-refractivity contribution in [3.05, 3.63) is 27.7 Å². The average molecular weight is 270 g/mol. The van der Waals surface area contributed by atoms with Crippen molar-refractivity contribution < 1.29 is 23.1 Å². The van der Waals surface area contributed by atoms with Crippen molar-refractivity contribution in [2.24, 2.45) is 0 Å². The van der Waals surface area contributed by atoms with Crippen LogP contribution in [-0.2, 0) is 0 Å². The first-order valence-electron chi connectivity index (χ1n) is 3.31. The lowest BCUT2D eigenvalue weighted by Crippen LogP contribution is -2.07. The highest BCUT2D eigenvalue weighted by Crippen LogP contribution is 2.25. The first-order chi connectivity index (χ1) is 6.43. The van der Waals surface area contributed by atoms with Crippen LogP contribution in [0.3, 0.4) is 0 Å². The lowest BCUT2D eigenvalue weighted by Gasteiger charge is -2.04. The van der Waals surface area contributed by atoms with Gasteiger partial charge in [0.15, 0.2) is 11.5 Å². The molecule has 0 aliphatic carbocycles. The van der Waals surface area contributed by atoms with Crippen LogP contribution in [0.1, 0.15) is 22.5 Å². The lowest BCUT2D eigenvalue weighted by molar-refractivity contribution is 0.0676. The molecule has 7 heteroatoms. The molecule has 1 heterocycles. The van der Waals surface area contributed by atoms with Crippen LogP contribution < -0.4 is 0 Å². The summed E-state index contributed by atoms with van der Waals surface area (Å²) >= 11 is 2.60. The number of carboxylic acids is 1. The minimum atomic E-state index is -3.07. The van der Waals surface area contributed by atoms with Crippen LogP contribution in [0.25, 0.3) is 0 Å². The maximum atomic E-state index is 12.7. The van der Waals surface area contributed by atoms with Crippen molar-refractivity contribution in [1.29, 1.82) is 0 Å². The van der Waals surface area contributed by atoms with Crippen LogP contribution in [0.5, 0.6) is 0 Å². The molecule has 1 aromatic rings. The third-order valence-electron chi connectivity index (χ3n) is 1.40. The van der Waals surface area contributed by atoms with Gasteiger partial charge in [0.05, 0.1) is 5.56 Å². The third-order valence-corrected chi connectivity index (χ3v) is 1.96. The number of nitrogens with zero attached hydrogens (tertiary/aromatic N) is 1. The molecule has 0 aliphatic rings. The van der Waals surface area contributed by atoms with Crippen molar-refractivity contribution in [3.8, 4) is 0 Å². The summed E-state index contributed by atoms with van der Waals surface area (Å²) in [7, 11) is 0. The molecule has 1 aromatic heterocycles. The zero-order chi connectivity index (χ0) is 10.9. The van der Waals surface area contributed by atoms with E-state index >= 15 is 0 Å². The minimum Gasteiger partial charge on any atom is -0.476 e. The van der Waals surface area contributed by atoms with E-state index in [9.17, 15) is 18.0 Å². The number of alkyl halides is 2. The summed E-state index contributed by atoms with van der Waals surface area (Å²) in [6.07, 6.45) is -3.07. The highest BCUT2D eigenvalue weighted by Gasteiger charge is 2.22. The molecule has 1 N–H and O–H groups in total. The summed E-state index contributed by atoms with van der Waals surface area (Å²) in [6.45, 7) is 0. The molecular weight excluding hydrogens is 267 g/mol. The smallest absolute Gasteiger partial charge is 0.355 e. The summed E-state index contributed by atoms with van der Waals surface area (Å²) in [4.78, 5) is 13.6. The number of carboxylic acid groups (broad SMARTS) is 1. The predicted octanol–water partition coefficient (Wildman–Crippen LogP) is 2.62. The first kappa shape index (κ1) is 11.0. The number of pyridine rings is 1. The van der Waals surface area contributed by atoms with Crippen LogP contribution in [0.2, 0.25) is 0 Å². The van der Waals surface area contributed by atoms with Crippen LogP contribution in [0.4, 0.5) is 13.2 Å². The van der Waals surface area contributed by atoms with Gasteiger partial charge < -0.3 is 5.11 Å². The Labute approximate surface area is 84.7 Å². The number of carbonyl (C=O) groups is 1. The quantitative estimate of drug-likeness (QED) is 0.840. The topological polar surface area (TPSA) is 50.2 Å². The van der Waals surface area contributed by atoms with E-state index in [1.807, 2.05) is 0 Å². The van der Waals surface area contributed by atoms with E-state index in [2.05, 4.69) is 20.9 Å². The standard InChI is InChI=1S/C7H3BrF3NO2/c8-5-3(9)1-2(6(10)11)4(12-5)7(13)14/h1,6H,(H,13,14). The van der Waals surface area contributed by atoms with Gasteiger partial charge in [-0.15, -0.1) is 0 Å². The Morgan fingerprint density at radius 3 is 2.57 bits per heavy atom. The van der Waals surface area contributed by atoms with Gasteiger partial charge in [-0.2, -0.15) is 0 Å². The van der Waals surface area contributed by atoms with Gasteiger partial charge in [0, 0.05) is 0 Å². The molecule has 0 saturated carbocycles. The van der Waals surface area contributed by atoms with Gasteiger partial charge in [0.1, 0.15) is 4.60 Å². The van der Waals surface area contributed by atoms with E-state index in [1.54, 1.807) is 0 Å². The Bertz CT molecular complexity index is 383. The zero-order valence-corrected chi connectivity index (χ0v) is 8.06. The fraction of sp³-hybridized carbons (Fsp3) is 0.143. The second-order valence-electron chi connectivity index (χ2n) is 2.30. The van der Waals surface area contributed by atoms with Gasteiger partial charge in [-0.05, 0) is 22.0 Å². The monoisotopic (exact) mass is 269 g/mol. The first-order valence-corrected chi connectivity index (χ1v) is 4.10. The van der Waals surface area contributed by atoms with Crippen molar-refractivity contribution in [2.75, 3.05) is 0 Å². The third kappa shape index (κ3) is 2.03. The van der Waals surface area contributed by atoms with Crippen molar-refractivity contribution >= 4 is 21.9 Å². The zero-order valence-electron chi connectivity index (χ0n) is 6.47. The molecule has 0 radical (unpaired) electrons. The number of halogens is 4. The van der Waals surface area contributed by atoms with E-state index < -0.39 is 34.1 Å². The number of aromatic nitrogens is 1. The van der Waals surface area contributed by atoms with Gasteiger partial charge in [0.2, 0.25) is 0 Å². The average Bonchev–Trinajstić information content (AvgIpc) is 2.08. The summed E-state index contributed by atoms with van der Waals surface area (Å²) in [5.74, 6) is -2.65. The number of aromatic carboxylic acids is 1. The van der Waals surface area contributed by atoms with Crippen LogP contribution in [-0.4, -0.2) is 16.1 Å². The van der Waals surface area contributed by atoms with Crippen molar-refractivity contribution in [2.45, 2.75) is 6.43 Å². The molecule has 76 valence electrons. The minimum absolute atomic E-state index is 0.403. The van der Waals surface area contributed by atoms with Gasteiger partial charge >= 0.3 is 5.97 Å². The second kappa shape index (κ2) is 3.95. The molecule has 0 unspecified atom stereocenters. The SMILES string of the molecule is O=C(O)c1nc(Br)c(F)cc1C(F)F. The number of hydrogen-bond acceptors (Lipinski definition) is 2. The molecule has 0 aromatic carbocycles. The Morgan fingerprint density at radius 2 is 2.14 bits per heavy atom. The molecule has 0 aliphatic heterocycles. The van der Waals surface area contributed by atoms with Crippen molar-refractivity contribution in [1.82, 2.24) is 4.98 Å². The lowest BCUT2D eigenvalue weighted by atomic mass is 10.2. The summed E-state index contributed by atoms with van der Waals surface area (Å²) in [5.41, 5.74) is -1.79. The molecular formula is C7H3BrF3NO2.